The highest BCUT2D eigenvalue weighted by atomic mass is 16.5. The Labute approximate surface area is 130 Å². The minimum Gasteiger partial charge on any atom is -0.493 e. The summed E-state index contributed by atoms with van der Waals surface area (Å²) in [5.41, 5.74) is 1.18. The van der Waals surface area contributed by atoms with Gasteiger partial charge in [-0.3, -0.25) is 0 Å². The molecule has 3 rings (SSSR count). The van der Waals surface area contributed by atoms with Gasteiger partial charge in [0.05, 0.1) is 20.3 Å². The number of methoxy groups -OCH3 is 2. The summed E-state index contributed by atoms with van der Waals surface area (Å²) in [4.78, 5) is 11.3. The molecular formula is C17H23NO4. The van der Waals surface area contributed by atoms with Gasteiger partial charge in [0.25, 0.3) is 0 Å². The molecule has 1 N–H and O–H groups in total. The second-order valence-electron chi connectivity index (χ2n) is 6.02. The molecule has 2 fully saturated rings. The summed E-state index contributed by atoms with van der Waals surface area (Å²) in [5.74, 6) is 1.92. The molecular weight excluding hydrogens is 282 g/mol. The Kier molecular flexibility index (Phi) is 4.41. The van der Waals surface area contributed by atoms with E-state index >= 15 is 0 Å². The van der Waals surface area contributed by atoms with E-state index in [0.717, 1.165) is 30.8 Å². The fourth-order valence-electron chi connectivity index (χ4n) is 3.14. The van der Waals surface area contributed by atoms with E-state index in [4.69, 9.17) is 9.47 Å². The largest absolute Gasteiger partial charge is 0.493 e. The maximum atomic E-state index is 11.3. The smallest absolute Gasteiger partial charge is 0.407 e. The van der Waals surface area contributed by atoms with Crippen LogP contribution in [0.1, 0.15) is 43.6 Å². The SMILES string of the molecule is COC(=O)N[C@@H]1C[C@H]1c1ccc(OC)c(OC2CCCC2)c1. The number of benzene rings is 1. The van der Waals surface area contributed by atoms with E-state index in [0.29, 0.717) is 12.0 Å². The van der Waals surface area contributed by atoms with Gasteiger partial charge in [0.1, 0.15) is 0 Å². The first kappa shape index (κ1) is 15.0. The second kappa shape index (κ2) is 6.46. The highest BCUT2D eigenvalue weighted by Crippen LogP contribution is 2.44. The zero-order valence-electron chi connectivity index (χ0n) is 13.1. The molecule has 0 radical (unpaired) electrons. The molecule has 120 valence electrons. The van der Waals surface area contributed by atoms with Crippen LogP contribution in [0.15, 0.2) is 18.2 Å². The van der Waals surface area contributed by atoms with Crippen molar-refractivity contribution in [3.63, 3.8) is 0 Å². The zero-order valence-corrected chi connectivity index (χ0v) is 13.1. The van der Waals surface area contributed by atoms with Gasteiger partial charge in [0.15, 0.2) is 11.5 Å². The van der Waals surface area contributed by atoms with E-state index in [1.165, 1.54) is 25.5 Å². The van der Waals surface area contributed by atoms with Gasteiger partial charge in [-0.25, -0.2) is 4.79 Å². The maximum Gasteiger partial charge on any atom is 0.407 e. The first-order chi connectivity index (χ1) is 10.7. The summed E-state index contributed by atoms with van der Waals surface area (Å²) in [6.07, 6.45) is 5.56. The highest BCUT2D eigenvalue weighted by Gasteiger charge is 2.40. The Balaban J connectivity index is 1.69. The number of carbonyl (C=O) groups is 1. The number of nitrogens with one attached hydrogen (secondary N) is 1. The van der Waals surface area contributed by atoms with Gasteiger partial charge in [0.2, 0.25) is 0 Å². The van der Waals surface area contributed by atoms with Crippen molar-refractivity contribution < 1.29 is 19.0 Å². The molecule has 2 aliphatic rings. The molecule has 2 atom stereocenters. The van der Waals surface area contributed by atoms with E-state index in [2.05, 4.69) is 16.1 Å². The number of alkyl carbamates (subject to hydrolysis) is 1. The van der Waals surface area contributed by atoms with Crippen molar-refractivity contribution in [2.24, 2.45) is 0 Å². The Bertz CT molecular complexity index is 539. The lowest BCUT2D eigenvalue weighted by Gasteiger charge is -2.17. The average Bonchev–Trinajstić information content (AvgIpc) is 3.10. The molecule has 22 heavy (non-hydrogen) atoms. The van der Waals surface area contributed by atoms with Crippen LogP contribution < -0.4 is 14.8 Å². The molecule has 0 aliphatic heterocycles. The zero-order chi connectivity index (χ0) is 15.5. The molecule has 1 amide bonds. The summed E-state index contributed by atoms with van der Waals surface area (Å²) in [6, 6.07) is 6.21. The summed E-state index contributed by atoms with van der Waals surface area (Å²) in [7, 11) is 3.04. The Hall–Kier alpha value is -1.91. The van der Waals surface area contributed by atoms with Crippen LogP contribution in [0, 0.1) is 0 Å². The molecule has 2 saturated carbocycles. The predicted molar refractivity (Wildman–Crippen MR) is 82.6 cm³/mol. The lowest BCUT2D eigenvalue weighted by Crippen LogP contribution is -2.26. The lowest BCUT2D eigenvalue weighted by atomic mass is 10.1. The van der Waals surface area contributed by atoms with Crippen LogP contribution in [-0.4, -0.2) is 32.5 Å². The van der Waals surface area contributed by atoms with Crippen molar-refractivity contribution in [2.45, 2.75) is 50.2 Å². The Morgan fingerprint density at radius 1 is 1.18 bits per heavy atom. The van der Waals surface area contributed by atoms with Gasteiger partial charge >= 0.3 is 6.09 Å². The molecule has 0 aromatic heterocycles. The van der Waals surface area contributed by atoms with Crippen LogP contribution in [0.2, 0.25) is 0 Å². The molecule has 2 aliphatic carbocycles. The molecule has 5 nitrogen and oxygen atoms in total. The fraction of sp³-hybridized carbons (Fsp3) is 0.588. The molecule has 5 heteroatoms. The Morgan fingerprint density at radius 3 is 2.64 bits per heavy atom. The number of ether oxygens (including phenoxy) is 3. The number of hydrogen-bond donors (Lipinski definition) is 1. The predicted octanol–water partition coefficient (Wildman–Crippen LogP) is 3.23. The van der Waals surface area contributed by atoms with E-state index in [9.17, 15) is 4.79 Å². The number of carbonyl (C=O) groups excluding carboxylic acids is 1. The third kappa shape index (κ3) is 3.29. The minimum atomic E-state index is -0.372. The van der Waals surface area contributed by atoms with E-state index in [1.54, 1.807) is 7.11 Å². The summed E-state index contributed by atoms with van der Waals surface area (Å²) in [6.45, 7) is 0. The van der Waals surface area contributed by atoms with Gasteiger partial charge in [0, 0.05) is 12.0 Å². The summed E-state index contributed by atoms with van der Waals surface area (Å²) >= 11 is 0. The quantitative estimate of drug-likeness (QED) is 0.907. The van der Waals surface area contributed by atoms with Crippen LogP contribution >= 0.6 is 0 Å². The van der Waals surface area contributed by atoms with Crippen LogP contribution in [0.3, 0.4) is 0 Å². The molecule has 0 saturated heterocycles. The van der Waals surface area contributed by atoms with Crippen molar-refractivity contribution >= 4 is 6.09 Å². The molecule has 1 aromatic rings. The van der Waals surface area contributed by atoms with Crippen LogP contribution in [0.5, 0.6) is 11.5 Å². The molecule has 1 aromatic carbocycles. The van der Waals surface area contributed by atoms with Gasteiger partial charge in [-0.2, -0.15) is 0 Å². The normalized spacial score (nSPS) is 23.9. The van der Waals surface area contributed by atoms with Crippen LogP contribution in [-0.2, 0) is 4.74 Å². The molecule has 0 heterocycles. The number of rotatable bonds is 5. The standard InChI is InChI=1S/C17H23NO4/c1-20-15-8-7-11(13-10-14(13)18-17(19)21-2)9-16(15)22-12-5-3-4-6-12/h7-9,12-14H,3-6,10H2,1-2H3,(H,18,19)/t13-,14+/m0/s1. The monoisotopic (exact) mass is 305 g/mol. The fourth-order valence-corrected chi connectivity index (χ4v) is 3.14. The third-order valence-electron chi connectivity index (χ3n) is 4.49. The average molecular weight is 305 g/mol. The maximum absolute atomic E-state index is 11.3. The van der Waals surface area contributed by atoms with Crippen molar-refractivity contribution in [1.29, 1.82) is 0 Å². The topological polar surface area (TPSA) is 56.8 Å². The molecule has 0 bridgehead atoms. The first-order valence-corrected chi connectivity index (χ1v) is 7.90. The van der Waals surface area contributed by atoms with E-state index < -0.39 is 0 Å². The van der Waals surface area contributed by atoms with Crippen molar-refractivity contribution in [2.75, 3.05) is 14.2 Å². The van der Waals surface area contributed by atoms with Crippen LogP contribution in [0.4, 0.5) is 4.79 Å². The van der Waals surface area contributed by atoms with Gasteiger partial charge < -0.3 is 19.5 Å². The van der Waals surface area contributed by atoms with Crippen molar-refractivity contribution in [1.82, 2.24) is 5.32 Å². The minimum absolute atomic E-state index is 0.153. The van der Waals surface area contributed by atoms with Gasteiger partial charge in [-0.1, -0.05) is 6.07 Å². The summed E-state index contributed by atoms with van der Waals surface area (Å²) < 4.78 is 16.2. The van der Waals surface area contributed by atoms with E-state index in [1.807, 2.05) is 12.1 Å². The second-order valence-corrected chi connectivity index (χ2v) is 6.02. The van der Waals surface area contributed by atoms with Gasteiger partial charge in [-0.15, -0.1) is 0 Å². The third-order valence-corrected chi connectivity index (χ3v) is 4.49. The van der Waals surface area contributed by atoms with Gasteiger partial charge in [-0.05, 0) is 49.8 Å². The first-order valence-electron chi connectivity index (χ1n) is 7.90. The highest BCUT2D eigenvalue weighted by molar-refractivity contribution is 5.68. The Morgan fingerprint density at radius 2 is 1.95 bits per heavy atom. The van der Waals surface area contributed by atoms with Crippen molar-refractivity contribution in [3.8, 4) is 11.5 Å². The van der Waals surface area contributed by atoms with Crippen LogP contribution in [0.25, 0.3) is 0 Å². The molecule has 0 unspecified atom stereocenters. The lowest BCUT2D eigenvalue weighted by molar-refractivity contribution is 0.170. The summed E-state index contributed by atoms with van der Waals surface area (Å²) in [5, 5.41) is 2.84. The van der Waals surface area contributed by atoms with E-state index in [-0.39, 0.29) is 12.1 Å². The number of amides is 1. The number of hydrogen-bond acceptors (Lipinski definition) is 4. The molecule has 0 spiro atoms. The van der Waals surface area contributed by atoms with Crippen molar-refractivity contribution in [3.05, 3.63) is 23.8 Å².